The second-order valence-corrected chi connectivity index (χ2v) is 5.86. The lowest BCUT2D eigenvalue weighted by Gasteiger charge is -2.23. The van der Waals surface area contributed by atoms with E-state index in [2.05, 4.69) is 0 Å². The second-order valence-electron chi connectivity index (χ2n) is 5.86. The standard InChI is InChI=1S/C20H19FO3/c1-23-19-8-5-14(12-20(19)24-2)16-9-15(10-18(22)11-16)13-3-6-17(21)7-4-13/h3-8,11-12,15H,9-10H2,1-2H3/t15-/m1/s1. The molecule has 3 nitrogen and oxygen atoms in total. The van der Waals surface area contributed by atoms with E-state index in [1.807, 2.05) is 18.2 Å². The number of carbonyl (C=O) groups excluding carboxylic acids is 1. The van der Waals surface area contributed by atoms with Gasteiger partial charge in [0.15, 0.2) is 17.3 Å². The van der Waals surface area contributed by atoms with Crippen LogP contribution in [-0.4, -0.2) is 20.0 Å². The summed E-state index contributed by atoms with van der Waals surface area (Å²) < 4.78 is 23.7. The third-order valence-electron chi connectivity index (χ3n) is 4.34. The van der Waals surface area contributed by atoms with Crippen molar-refractivity contribution in [2.45, 2.75) is 18.8 Å². The van der Waals surface area contributed by atoms with Gasteiger partial charge in [-0.1, -0.05) is 18.2 Å². The zero-order chi connectivity index (χ0) is 17.1. The Kier molecular flexibility index (Phi) is 4.65. The first-order valence-corrected chi connectivity index (χ1v) is 7.82. The van der Waals surface area contributed by atoms with E-state index < -0.39 is 0 Å². The van der Waals surface area contributed by atoms with Crippen LogP contribution in [0.1, 0.15) is 29.9 Å². The fourth-order valence-corrected chi connectivity index (χ4v) is 3.10. The Morgan fingerprint density at radius 1 is 0.958 bits per heavy atom. The number of benzene rings is 2. The molecule has 0 saturated carbocycles. The number of rotatable bonds is 4. The lowest BCUT2D eigenvalue weighted by Crippen LogP contribution is -2.12. The number of ketones is 1. The summed E-state index contributed by atoms with van der Waals surface area (Å²) in [6, 6.07) is 12.0. The van der Waals surface area contributed by atoms with E-state index in [0.717, 1.165) is 23.1 Å². The highest BCUT2D eigenvalue weighted by Crippen LogP contribution is 2.38. The Hall–Kier alpha value is -2.62. The quantitative estimate of drug-likeness (QED) is 0.837. The Labute approximate surface area is 140 Å². The van der Waals surface area contributed by atoms with E-state index in [-0.39, 0.29) is 17.5 Å². The molecule has 0 saturated heterocycles. The molecule has 2 aromatic carbocycles. The highest BCUT2D eigenvalue weighted by molar-refractivity contribution is 5.99. The summed E-state index contributed by atoms with van der Waals surface area (Å²) in [5, 5.41) is 0. The topological polar surface area (TPSA) is 35.5 Å². The van der Waals surface area contributed by atoms with Crippen molar-refractivity contribution in [3.63, 3.8) is 0 Å². The van der Waals surface area contributed by atoms with E-state index in [0.29, 0.717) is 17.9 Å². The average Bonchev–Trinajstić information content (AvgIpc) is 2.61. The normalized spacial score (nSPS) is 17.4. The Bertz CT molecular complexity index is 778. The van der Waals surface area contributed by atoms with Crippen LogP contribution >= 0.6 is 0 Å². The molecule has 0 N–H and O–H groups in total. The lowest BCUT2D eigenvalue weighted by molar-refractivity contribution is -0.115. The van der Waals surface area contributed by atoms with Gasteiger partial charge in [0.25, 0.3) is 0 Å². The van der Waals surface area contributed by atoms with Crippen LogP contribution < -0.4 is 9.47 Å². The summed E-state index contributed by atoms with van der Waals surface area (Å²) in [4.78, 5) is 12.2. The van der Waals surface area contributed by atoms with Crippen LogP contribution in [0, 0.1) is 5.82 Å². The molecule has 2 aromatic rings. The molecule has 0 radical (unpaired) electrons. The first-order valence-electron chi connectivity index (χ1n) is 7.82. The number of allylic oxidation sites excluding steroid dienone is 2. The fourth-order valence-electron chi connectivity index (χ4n) is 3.10. The van der Waals surface area contributed by atoms with Crippen LogP contribution in [0.2, 0.25) is 0 Å². The monoisotopic (exact) mass is 326 g/mol. The van der Waals surface area contributed by atoms with E-state index in [9.17, 15) is 9.18 Å². The maximum atomic E-state index is 13.1. The molecule has 0 aliphatic heterocycles. The molecular formula is C20H19FO3. The molecule has 0 heterocycles. The summed E-state index contributed by atoms with van der Waals surface area (Å²) in [5.74, 6) is 1.16. The van der Waals surface area contributed by atoms with E-state index in [4.69, 9.17) is 9.47 Å². The summed E-state index contributed by atoms with van der Waals surface area (Å²) in [6.07, 6.45) is 2.87. The second kappa shape index (κ2) is 6.87. The largest absolute Gasteiger partial charge is 0.493 e. The number of hydrogen-bond acceptors (Lipinski definition) is 3. The van der Waals surface area contributed by atoms with Gasteiger partial charge in [-0.25, -0.2) is 4.39 Å². The lowest BCUT2D eigenvalue weighted by atomic mass is 9.81. The van der Waals surface area contributed by atoms with Gasteiger partial charge in [-0.2, -0.15) is 0 Å². The highest BCUT2D eigenvalue weighted by atomic mass is 19.1. The number of carbonyl (C=O) groups is 1. The predicted octanol–water partition coefficient (Wildman–Crippen LogP) is 4.37. The molecule has 124 valence electrons. The number of methoxy groups -OCH3 is 2. The van der Waals surface area contributed by atoms with Crippen LogP contribution in [-0.2, 0) is 4.79 Å². The average molecular weight is 326 g/mol. The van der Waals surface area contributed by atoms with Gasteiger partial charge >= 0.3 is 0 Å². The first kappa shape index (κ1) is 16.2. The Morgan fingerprint density at radius 3 is 2.33 bits per heavy atom. The predicted molar refractivity (Wildman–Crippen MR) is 90.9 cm³/mol. The zero-order valence-electron chi connectivity index (χ0n) is 13.7. The molecule has 1 aliphatic carbocycles. The van der Waals surface area contributed by atoms with Crippen molar-refractivity contribution in [2.24, 2.45) is 0 Å². The van der Waals surface area contributed by atoms with Gasteiger partial charge in [-0.15, -0.1) is 0 Å². The minimum atomic E-state index is -0.267. The van der Waals surface area contributed by atoms with Crippen LogP contribution in [0.15, 0.2) is 48.5 Å². The smallest absolute Gasteiger partial charge is 0.161 e. The van der Waals surface area contributed by atoms with Crippen molar-refractivity contribution in [3.8, 4) is 11.5 Å². The van der Waals surface area contributed by atoms with Gasteiger partial charge in [-0.3, -0.25) is 4.79 Å². The Morgan fingerprint density at radius 2 is 1.67 bits per heavy atom. The minimum Gasteiger partial charge on any atom is -0.493 e. The molecule has 0 fully saturated rings. The fraction of sp³-hybridized carbons (Fsp3) is 0.250. The zero-order valence-corrected chi connectivity index (χ0v) is 13.7. The van der Waals surface area contributed by atoms with Gasteiger partial charge in [-0.05, 0) is 59.4 Å². The van der Waals surface area contributed by atoms with Crippen LogP contribution in [0.25, 0.3) is 5.57 Å². The molecule has 0 unspecified atom stereocenters. The molecule has 3 rings (SSSR count). The number of hydrogen-bond donors (Lipinski definition) is 0. The molecule has 0 aromatic heterocycles. The van der Waals surface area contributed by atoms with Gasteiger partial charge in [0.1, 0.15) is 5.82 Å². The summed E-state index contributed by atoms with van der Waals surface area (Å²) in [6.45, 7) is 0. The van der Waals surface area contributed by atoms with Crippen molar-refractivity contribution in [1.82, 2.24) is 0 Å². The molecule has 0 spiro atoms. The summed E-state index contributed by atoms with van der Waals surface area (Å²) in [7, 11) is 3.18. The van der Waals surface area contributed by atoms with Crippen molar-refractivity contribution in [1.29, 1.82) is 0 Å². The van der Waals surface area contributed by atoms with E-state index >= 15 is 0 Å². The molecule has 0 bridgehead atoms. The minimum absolute atomic E-state index is 0.0613. The van der Waals surface area contributed by atoms with Gasteiger partial charge < -0.3 is 9.47 Å². The molecule has 1 atom stereocenters. The van der Waals surface area contributed by atoms with Gasteiger partial charge in [0.2, 0.25) is 0 Å². The Balaban J connectivity index is 1.90. The highest BCUT2D eigenvalue weighted by Gasteiger charge is 2.23. The number of ether oxygens (including phenoxy) is 2. The van der Waals surface area contributed by atoms with Crippen LogP contribution in [0.4, 0.5) is 4.39 Å². The van der Waals surface area contributed by atoms with Crippen molar-refractivity contribution in [2.75, 3.05) is 14.2 Å². The van der Waals surface area contributed by atoms with Crippen LogP contribution in [0.5, 0.6) is 11.5 Å². The van der Waals surface area contributed by atoms with Gasteiger partial charge in [0.05, 0.1) is 14.2 Å². The maximum absolute atomic E-state index is 13.1. The van der Waals surface area contributed by atoms with Crippen molar-refractivity contribution in [3.05, 3.63) is 65.5 Å². The van der Waals surface area contributed by atoms with Crippen molar-refractivity contribution >= 4 is 11.4 Å². The van der Waals surface area contributed by atoms with E-state index in [1.54, 1.807) is 32.4 Å². The first-order chi connectivity index (χ1) is 11.6. The van der Waals surface area contributed by atoms with Crippen LogP contribution in [0.3, 0.4) is 0 Å². The molecule has 0 amide bonds. The third-order valence-corrected chi connectivity index (χ3v) is 4.34. The van der Waals surface area contributed by atoms with Crippen molar-refractivity contribution < 1.29 is 18.7 Å². The molecule has 1 aliphatic rings. The maximum Gasteiger partial charge on any atom is 0.161 e. The SMILES string of the molecule is COc1ccc(C2=CC(=O)C[C@H](c3ccc(F)cc3)C2)cc1OC. The summed E-state index contributed by atoms with van der Waals surface area (Å²) in [5.41, 5.74) is 2.88. The third kappa shape index (κ3) is 3.32. The summed E-state index contributed by atoms with van der Waals surface area (Å²) >= 11 is 0. The molecular weight excluding hydrogens is 307 g/mol. The van der Waals surface area contributed by atoms with E-state index in [1.165, 1.54) is 12.1 Å². The molecule has 4 heteroatoms. The number of halogens is 1. The molecule has 24 heavy (non-hydrogen) atoms. The van der Waals surface area contributed by atoms with Gasteiger partial charge in [0, 0.05) is 6.42 Å².